The van der Waals surface area contributed by atoms with E-state index in [0.717, 1.165) is 32.4 Å². The van der Waals surface area contributed by atoms with Crippen LogP contribution in [0.4, 0.5) is 0 Å². The van der Waals surface area contributed by atoms with Crippen LogP contribution in [-0.2, 0) is 14.3 Å². The molecule has 2 saturated heterocycles. The minimum absolute atomic E-state index is 0.0805. The first-order valence-electron chi connectivity index (χ1n) is 7.48. The van der Waals surface area contributed by atoms with Crippen molar-refractivity contribution >= 4 is 11.8 Å². The van der Waals surface area contributed by atoms with E-state index < -0.39 is 0 Å². The molecular weight excluding hydrogens is 258 g/mol. The zero-order valence-corrected chi connectivity index (χ0v) is 12.4. The summed E-state index contributed by atoms with van der Waals surface area (Å²) < 4.78 is 5.17. The Hall–Kier alpha value is -1.14. The molecule has 0 aromatic rings. The lowest BCUT2D eigenvalue weighted by Crippen LogP contribution is -2.63. The van der Waals surface area contributed by atoms with Gasteiger partial charge in [-0.25, -0.2) is 0 Å². The van der Waals surface area contributed by atoms with Crippen molar-refractivity contribution in [2.24, 2.45) is 0 Å². The lowest BCUT2D eigenvalue weighted by molar-refractivity contribution is -0.158. The highest BCUT2D eigenvalue weighted by Gasteiger charge is 2.40. The number of fused-ring (bicyclic) bond motifs is 1. The number of amides is 2. The lowest BCUT2D eigenvalue weighted by atomic mass is 9.98. The predicted molar refractivity (Wildman–Crippen MR) is 75.3 cm³/mol. The molecule has 2 unspecified atom stereocenters. The Kier molecular flexibility index (Phi) is 5.37. The van der Waals surface area contributed by atoms with Crippen molar-refractivity contribution in [3.8, 4) is 0 Å². The third-order valence-electron chi connectivity index (χ3n) is 4.05. The summed E-state index contributed by atoms with van der Waals surface area (Å²) in [6.07, 6.45) is 2.85. The van der Waals surface area contributed by atoms with Crippen LogP contribution in [0.1, 0.15) is 26.2 Å². The minimum Gasteiger partial charge on any atom is -0.383 e. The molecule has 0 radical (unpaired) electrons. The molecule has 2 fully saturated rings. The summed E-state index contributed by atoms with van der Waals surface area (Å²) >= 11 is 0. The average molecular weight is 283 g/mol. The summed E-state index contributed by atoms with van der Waals surface area (Å²) in [6, 6.07) is -0.147. The minimum atomic E-state index is -0.227. The monoisotopic (exact) mass is 283 g/mol. The van der Waals surface area contributed by atoms with Crippen molar-refractivity contribution < 1.29 is 14.3 Å². The molecule has 6 nitrogen and oxygen atoms in total. The Morgan fingerprint density at radius 1 is 1.40 bits per heavy atom. The molecular formula is C14H25N3O3. The molecule has 0 aromatic heterocycles. The molecule has 2 aliphatic rings. The summed E-state index contributed by atoms with van der Waals surface area (Å²) in [7, 11) is 1.65. The van der Waals surface area contributed by atoms with Gasteiger partial charge in [-0.05, 0) is 25.8 Å². The number of carbonyl (C=O) groups excluding carboxylic acids is 2. The van der Waals surface area contributed by atoms with E-state index in [-0.39, 0.29) is 30.4 Å². The van der Waals surface area contributed by atoms with E-state index in [1.807, 2.05) is 6.92 Å². The molecule has 2 heterocycles. The molecule has 0 saturated carbocycles. The molecule has 1 N–H and O–H groups in total. The molecule has 114 valence electrons. The second-order valence-electron chi connectivity index (χ2n) is 5.53. The van der Waals surface area contributed by atoms with Crippen LogP contribution in [-0.4, -0.2) is 73.6 Å². The second kappa shape index (κ2) is 7.04. The van der Waals surface area contributed by atoms with Crippen LogP contribution in [0.5, 0.6) is 0 Å². The third-order valence-corrected chi connectivity index (χ3v) is 4.05. The van der Waals surface area contributed by atoms with E-state index in [9.17, 15) is 9.59 Å². The number of methoxy groups -OCH3 is 1. The first-order valence-corrected chi connectivity index (χ1v) is 7.48. The lowest BCUT2D eigenvalue weighted by Gasteiger charge is -2.43. The van der Waals surface area contributed by atoms with Gasteiger partial charge in [-0.2, -0.15) is 0 Å². The molecule has 2 atom stereocenters. The van der Waals surface area contributed by atoms with Gasteiger partial charge in [0.05, 0.1) is 13.2 Å². The maximum atomic E-state index is 12.5. The van der Waals surface area contributed by atoms with E-state index >= 15 is 0 Å². The molecule has 6 heteroatoms. The Bertz CT molecular complexity index is 356. The normalized spacial score (nSPS) is 24.8. The highest BCUT2D eigenvalue weighted by molar-refractivity contribution is 5.95. The first-order chi connectivity index (χ1) is 9.67. The summed E-state index contributed by atoms with van der Waals surface area (Å²) in [5, 5.41) is 3.29. The van der Waals surface area contributed by atoms with E-state index in [0.29, 0.717) is 13.2 Å². The SMILES string of the molecule is CCNC(COC)CN1CC(=O)N2CCCCC2C1=O. The number of carbonyl (C=O) groups is 2. The fourth-order valence-electron chi connectivity index (χ4n) is 3.12. The van der Waals surface area contributed by atoms with Gasteiger partial charge in [0.15, 0.2) is 0 Å². The number of ether oxygens (including phenoxy) is 1. The maximum Gasteiger partial charge on any atom is 0.245 e. The largest absolute Gasteiger partial charge is 0.383 e. The van der Waals surface area contributed by atoms with Gasteiger partial charge in [0.2, 0.25) is 11.8 Å². The number of nitrogens with one attached hydrogen (secondary N) is 1. The van der Waals surface area contributed by atoms with Gasteiger partial charge in [-0.15, -0.1) is 0 Å². The van der Waals surface area contributed by atoms with Crippen LogP contribution in [0, 0.1) is 0 Å². The van der Waals surface area contributed by atoms with Crippen molar-refractivity contribution in [1.82, 2.24) is 15.1 Å². The van der Waals surface area contributed by atoms with E-state index in [2.05, 4.69) is 5.32 Å². The zero-order valence-electron chi connectivity index (χ0n) is 12.4. The number of piperidine rings is 1. The van der Waals surface area contributed by atoms with Crippen molar-refractivity contribution in [1.29, 1.82) is 0 Å². The Morgan fingerprint density at radius 3 is 2.90 bits per heavy atom. The predicted octanol–water partition coefficient (Wildman–Crippen LogP) is -0.166. The van der Waals surface area contributed by atoms with Crippen molar-refractivity contribution in [2.45, 2.75) is 38.3 Å². The summed E-state index contributed by atoms with van der Waals surface area (Å²) in [4.78, 5) is 28.1. The van der Waals surface area contributed by atoms with Crippen molar-refractivity contribution in [3.63, 3.8) is 0 Å². The molecule has 0 aliphatic carbocycles. The Morgan fingerprint density at radius 2 is 2.20 bits per heavy atom. The van der Waals surface area contributed by atoms with Gasteiger partial charge in [-0.3, -0.25) is 9.59 Å². The summed E-state index contributed by atoms with van der Waals surface area (Å²) in [5.41, 5.74) is 0. The van der Waals surface area contributed by atoms with Gasteiger partial charge in [0.25, 0.3) is 0 Å². The van der Waals surface area contributed by atoms with Crippen LogP contribution in [0.15, 0.2) is 0 Å². The number of hydrogen-bond acceptors (Lipinski definition) is 4. The van der Waals surface area contributed by atoms with Crippen molar-refractivity contribution in [2.75, 3.05) is 39.9 Å². The average Bonchev–Trinajstić information content (AvgIpc) is 2.45. The number of nitrogens with zero attached hydrogens (tertiary/aromatic N) is 2. The smallest absolute Gasteiger partial charge is 0.245 e. The number of piperazine rings is 1. The first kappa shape index (κ1) is 15.3. The van der Waals surface area contributed by atoms with Crippen molar-refractivity contribution in [3.05, 3.63) is 0 Å². The molecule has 2 rings (SSSR count). The van der Waals surface area contributed by atoms with E-state index in [1.165, 1.54) is 0 Å². The van der Waals surface area contributed by atoms with Crippen LogP contribution in [0.25, 0.3) is 0 Å². The fraction of sp³-hybridized carbons (Fsp3) is 0.857. The van der Waals surface area contributed by atoms with Gasteiger partial charge >= 0.3 is 0 Å². The highest BCUT2D eigenvalue weighted by Crippen LogP contribution is 2.23. The molecule has 20 heavy (non-hydrogen) atoms. The maximum absolute atomic E-state index is 12.5. The molecule has 0 bridgehead atoms. The van der Waals surface area contributed by atoms with E-state index in [4.69, 9.17) is 4.74 Å². The zero-order chi connectivity index (χ0) is 14.5. The molecule has 0 aromatic carbocycles. The molecule has 0 spiro atoms. The molecule has 2 aliphatic heterocycles. The third kappa shape index (κ3) is 3.30. The van der Waals surface area contributed by atoms with Crippen LogP contribution >= 0.6 is 0 Å². The summed E-state index contributed by atoms with van der Waals surface area (Å²) in [5.74, 6) is 0.185. The quantitative estimate of drug-likeness (QED) is 0.735. The van der Waals surface area contributed by atoms with Gasteiger partial charge in [0.1, 0.15) is 6.04 Å². The second-order valence-corrected chi connectivity index (χ2v) is 5.53. The topological polar surface area (TPSA) is 61.9 Å². The number of rotatable bonds is 6. The fourth-order valence-corrected chi connectivity index (χ4v) is 3.12. The number of hydrogen-bond donors (Lipinski definition) is 1. The van der Waals surface area contributed by atoms with Crippen LogP contribution < -0.4 is 5.32 Å². The summed E-state index contributed by atoms with van der Waals surface area (Å²) in [6.45, 7) is 4.86. The van der Waals surface area contributed by atoms with Gasteiger partial charge in [-0.1, -0.05) is 6.92 Å². The van der Waals surface area contributed by atoms with Crippen LogP contribution in [0.2, 0.25) is 0 Å². The van der Waals surface area contributed by atoms with E-state index in [1.54, 1.807) is 16.9 Å². The molecule has 2 amide bonds. The number of likely N-dealkylation sites (N-methyl/N-ethyl adjacent to an activating group) is 1. The Balaban J connectivity index is 2.00. The van der Waals surface area contributed by atoms with Crippen LogP contribution in [0.3, 0.4) is 0 Å². The highest BCUT2D eigenvalue weighted by atomic mass is 16.5. The standard InChI is InChI=1S/C14H25N3O3/c1-3-15-11(10-20-2)8-16-9-13(18)17-7-5-4-6-12(17)14(16)19/h11-12,15H,3-10H2,1-2H3. The van der Waals surface area contributed by atoms with Gasteiger partial charge in [0, 0.05) is 26.2 Å². The van der Waals surface area contributed by atoms with Gasteiger partial charge < -0.3 is 19.9 Å². The Labute approximate surface area is 120 Å².